The lowest BCUT2D eigenvalue weighted by atomic mass is 9.67. The largest absolute Gasteiger partial charge is 0.356 e. The Morgan fingerprint density at radius 2 is 0.500 bits per heavy atom. The zero-order chi connectivity index (χ0) is 92.6. The third kappa shape index (κ3) is 15.6. The molecule has 2 aliphatic carbocycles. The van der Waals surface area contributed by atoms with E-state index >= 15 is 0 Å². The quantitative estimate of drug-likeness (QED) is 0.0983. The highest BCUT2D eigenvalue weighted by molar-refractivity contribution is 9.10. The third-order valence-electron chi connectivity index (χ3n) is 28.1. The van der Waals surface area contributed by atoms with E-state index in [0.29, 0.717) is 0 Å². The molecule has 24 aromatic rings. The van der Waals surface area contributed by atoms with Crippen molar-refractivity contribution < 1.29 is 0 Å². The van der Waals surface area contributed by atoms with Gasteiger partial charge in [0.05, 0.1) is 38.6 Å². The van der Waals surface area contributed by atoms with Crippen LogP contribution >= 0.6 is 15.9 Å². The van der Waals surface area contributed by atoms with Crippen LogP contribution < -0.4 is 10.2 Å². The molecule has 2 heterocycles. The van der Waals surface area contributed by atoms with E-state index in [1.807, 2.05) is 24.3 Å². The summed E-state index contributed by atoms with van der Waals surface area (Å²) in [5, 5.41) is 8.35. The molecule has 26 rings (SSSR count). The van der Waals surface area contributed by atoms with Gasteiger partial charge in [-0.1, -0.05) is 460 Å². The normalized spacial score (nSPS) is 12.2. The molecule has 0 amide bonds. The van der Waals surface area contributed by atoms with Gasteiger partial charge in [0.25, 0.3) is 0 Å². The van der Waals surface area contributed by atoms with Crippen LogP contribution in [-0.4, -0.2) is 9.13 Å². The molecule has 0 radical (unpaired) electrons. The summed E-state index contributed by atoms with van der Waals surface area (Å²) in [5.74, 6) is 0. The summed E-state index contributed by atoms with van der Waals surface area (Å²) in [5.41, 5.74) is 41.4. The number of halogens is 1. The standard InChI is InChI=1S/C67H46N2.C49H32BrN.C18H15N.CH4/c1-5-20-47(21-6-1)48-36-39-55(40-37-48)68(54-28-11-4-12-29-54)64-34-17-14-30-57(64)51-23-19-22-49(44-51)50-38-42-61-60-32-15-18-35-65(60)69(66(61)45-50)56-41-43-59-58-31-13-16-33-62(58)67(63(59)46-56,52-24-7-2-8-25-52)53-26-9-3-10-27-53;50-46-24-11-8-20-39(46)35-15-13-14-33(30-35)34-26-28-43-42-22-9-12-25-47(42)51(48(43)31-34)38-27-29-41-40-21-7-10-23-44(40)49(45(41)32-38,36-16-3-1-4-17-36)37-18-5-2-6-19-37;1-3-7-15(8-4-1)16-11-13-18(14-12-16)19-17-9-5-2-6-10-17;/h1-46H;1-32H;1-14,19H;1H4. The van der Waals surface area contributed by atoms with Crippen LogP contribution in [0.25, 0.3) is 144 Å². The van der Waals surface area contributed by atoms with Gasteiger partial charge in [-0.25, -0.2) is 0 Å². The number of fused-ring (bicyclic) bond motifs is 12. The average Bonchev–Trinajstić information content (AvgIpc) is 1.53. The molecule has 1 N–H and O–H groups in total. The van der Waals surface area contributed by atoms with E-state index in [4.69, 9.17) is 0 Å². The van der Waals surface area contributed by atoms with E-state index in [1.165, 1.54) is 160 Å². The Hall–Kier alpha value is -17.5. The fraction of sp³-hybridized carbons (Fsp3) is 0.0222. The SMILES string of the molecule is Brc1ccccc1-c1cccc(-c2ccc3c4ccccc4n(-c4ccc5c(c4)C(c4ccccc4)(c4ccccc4)c4ccccc4-5)c3c2)c1.C.c1ccc(-c2ccc(N(c3ccccc3)c3ccccc3-c3cccc(-c4ccc5c6ccccc6n(-c6ccc7c(c6)C(c6ccccc6)(c6ccccc6)c6ccccc6-7)c5c4)c3)cc2)cc1.c1ccc(Nc2ccc(-c3ccccc3)cc2)cc1. The second-order valence-corrected chi connectivity index (χ2v) is 36.7. The molecule has 0 fully saturated rings. The third-order valence-corrected chi connectivity index (χ3v) is 28.8. The van der Waals surface area contributed by atoms with Crippen molar-refractivity contribution in [2.24, 2.45) is 0 Å². The van der Waals surface area contributed by atoms with Crippen molar-refractivity contribution in [2.75, 3.05) is 10.2 Å². The zero-order valence-corrected chi connectivity index (χ0v) is 77.9. The van der Waals surface area contributed by atoms with Gasteiger partial charge in [-0.05, 0) is 249 Å². The van der Waals surface area contributed by atoms with Crippen molar-refractivity contribution in [3.05, 3.63) is 607 Å². The van der Waals surface area contributed by atoms with E-state index in [0.717, 1.165) is 61.0 Å². The molecule has 0 saturated heterocycles. The van der Waals surface area contributed by atoms with E-state index in [1.54, 1.807) is 0 Å². The van der Waals surface area contributed by atoms with Gasteiger partial charge in [-0.15, -0.1) is 0 Å². The Morgan fingerprint density at radius 3 is 0.957 bits per heavy atom. The number of anilines is 5. The minimum absolute atomic E-state index is 0. The van der Waals surface area contributed by atoms with Crippen LogP contribution in [0.4, 0.5) is 28.4 Å². The molecule has 2 aromatic heterocycles. The minimum atomic E-state index is -0.493. The molecule has 5 heteroatoms. The Balaban J connectivity index is 0.000000134. The molecule has 4 nitrogen and oxygen atoms in total. The van der Waals surface area contributed by atoms with Crippen molar-refractivity contribution in [2.45, 2.75) is 18.3 Å². The number of hydrogen-bond acceptors (Lipinski definition) is 2. The van der Waals surface area contributed by atoms with Crippen LogP contribution in [0.3, 0.4) is 0 Å². The number of para-hydroxylation sites is 5. The van der Waals surface area contributed by atoms with Crippen LogP contribution in [0, 0.1) is 0 Å². The van der Waals surface area contributed by atoms with Crippen molar-refractivity contribution >= 4 is 88.0 Å². The highest BCUT2D eigenvalue weighted by Gasteiger charge is 2.48. The first-order chi connectivity index (χ1) is 68.9. The molecular weight excluding hydrogens is 1760 g/mol. The van der Waals surface area contributed by atoms with Crippen LogP contribution in [0.1, 0.15) is 51.9 Å². The topological polar surface area (TPSA) is 25.1 Å². The maximum absolute atomic E-state index is 3.77. The monoisotopic (exact) mass is 1850 g/mol. The summed E-state index contributed by atoms with van der Waals surface area (Å²) in [4.78, 5) is 2.38. The Morgan fingerprint density at radius 1 is 0.193 bits per heavy atom. The summed E-state index contributed by atoms with van der Waals surface area (Å²) in [6.07, 6.45) is 0. The van der Waals surface area contributed by atoms with Gasteiger partial charge in [-0.2, -0.15) is 0 Å². The van der Waals surface area contributed by atoms with E-state index < -0.39 is 10.8 Å². The molecule has 0 bridgehead atoms. The van der Waals surface area contributed by atoms with Crippen LogP contribution in [0.15, 0.2) is 563 Å². The Bertz CT molecular complexity index is 8540. The van der Waals surface area contributed by atoms with E-state index in [2.05, 4.69) is 569 Å². The summed E-state index contributed by atoms with van der Waals surface area (Å²) >= 11 is 3.77. The Kier molecular flexibility index (Phi) is 23.3. The van der Waals surface area contributed by atoms with Gasteiger partial charge in [0.1, 0.15) is 0 Å². The first-order valence-electron chi connectivity index (χ1n) is 47.7. The highest BCUT2D eigenvalue weighted by atomic mass is 79.9. The van der Waals surface area contributed by atoms with Crippen LogP contribution in [0.5, 0.6) is 0 Å². The number of nitrogens with zero attached hydrogens (tertiary/aromatic N) is 3. The fourth-order valence-corrected chi connectivity index (χ4v) is 22.4. The molecule has 0 spiro atoms. The van der Waals surface area contributed by atoms with Crippen molar-refractivity contribution in [1.29, 1.82) is 0 Å². The number of hydrogen-bond donors (Lipinski definition) is 1. The van der Waals surface area contributed by atoms with E-state index in [9.17, 15) is 0 Å². The maximum Gasteiger partial charge on any atom is 0.0714 e. The lowest BCUT2D eigenvalue weighted by molar-refractivity contribution is 0.767. The van der Waals surface area contributed by atoms with Gasteiger partial charge >= 0.3 is 0 Å². The van der Waals surface area contributed by atoms with Gasteiger partial charge in [0.2, 0.25) is 0 Å². The molecule has 0 aliphatic heterocycles. The molecule has 0 saturated carbocycles. The van der Waals surface area contributed by atoms with Crippen molar-refractivity contribution in [1.82, 2.24) is 9.13 Å². The first-order valence-corrected chi connectivity index (χ1v) is 48.5. The lowest BCUT2D eigenvalue weighted by Crippen LogP contribution is -2.28. The molecule has 0 atom stereocenters. The highest BCUT2D eigenvalue weighted by Crippen LogP contribution is 2.59. The second-order valence-electron chi connectivity index (χ2n) is 35.9. The van der Waals surface area contributed by atoms with Gasteiger partial charge in [0, 0.05) is 65.7 Å². The summed E-state index contributed by atoms with van der Waals surface area (Å²) in [7, 11) is 0. The second kappa shape index (κ2) is 37.7. The van der Waals surface area contributed by atoms with Gasteiger partial charge < -0.3 is 19.4 Å². The molecule has 140 heavy (non-hydrogen) atoms. The number of aromatic nitrogens is 2. The summed E-state index contributed by atoms with van der Waals surface area (Å²) in [6, 6.07) is 203. The van der Waals surface area contributed by atoms with E-state index in [-0.39, 0.29) is 7.43 Å². The summed E-state index contributed by atoms with van der Waals surface area (Å²) < 4.78 is 6.05. The van der Waals surface area contributed by atoms with Gasteiger partial charge in [-0.3, -0.25) is 0 Å². The van der Waals surface area contributed by atoms with Crippen molar-refractivity contribution in [3.8, 4) is 100 Å². The smallest absolute Gasteiger partial charge is 0.0714 e. The average molecular weight is 1860 g/mol. The predicted octanol–water partition coefficient (Wildman–Crippen LogP) is 36.6. The van der Waals surface area contributed by atoms with Crippen molar-refractivity contribution in [3.63, 3.8) is 0 Å². The minimum Gasteiger partial charge on any atom is -0.356 e. The first kappa shape index (κ1) is 86.6. The molecule has 0 unspecified atom stereocenters. The predicted molar refractivity (Wildman–Crippen MR) is 594 cm³/mol. The summed E-state index contributed by atoms with van der Waals surface area (Å²) in [6.45, 7) is 0. The number of rotatable bonds is 17. The lowest BCUT2D eigenvalue weighted by Gasteiger charge is -2.34. The maximum atomic E-state index is 3.77. The molecule has 22 aromatic carbocycles. The molecular formula is C135H97BrN4. The van der Waals surface area contributed by atoms with Gasteiger partial charge in [0.15, 0.2) is 0 Å². The van der Waals surface area contributed by atoms with Crippen LogP contribution in [0.2, 0.25) is 0 Å². The molecule has 2 aliphatic rings. The zero-order valence-electron chi connectivity index (χ0n) is 76.3. The fourth-order valence-electron chi connectivity index (χ4n) is 21.8. The number of benzene rings is 22. The molecule has 664 valence electrons. The van der Waals surface area contributed by atoms with Crippen LogP contribution in [-0.2, 0) is 10.8 Å². The number of nitrogens with one attached hydrogen (secondary N) is 1. The Labute approximate surface area is 826 Å².